The van der Waals surface area contributed by atoms with Gasteiger partial charge in [-0.05, 0) is 55.8 Å². The first-order valence-electron chi connectivity index (χ1n) is 11.2. The van der Waals surface area contributed by atoms with Crippen molar-refractivity contribution < 1.29 is 9.53 Å². The first-order valence-corrected chi connectivity index (χ1v) is 11.2. The second kappa shape index (κ2) is 8.50. The summed E-state index contributed by atoms with van der Waals surface area (Å²) in [6, 6.07) is 26.6. The highest BCUT2D eigenvalue weighted by Gasteiger charge is 2.35. The minimum absolute atomic E-state index is 0.0348. The van der Waals surface area contributed by atoms with E-state index >= 15 is 0 Å². The lowest BCUT2D eigenvalue weighted by Crippen LogP contribution is -2.24. The highest BCUT2D eigenvalue weighted by molar-refractivity contribution is 5.96. The van der Waals surface area contributed by atoms with Crippen molar-refractivity contribution >= 4 is 22.6 Å². The molecule has 1 amide bonds. The standard InChI is InChI=1S/C27H27N3O2/c1-3-32-23-15-13-22(14-16-23)29-18-21(17-26(29)31)27-28-24-11-7-8-12-25(24)30(27)19(2)20-9-5-4-6-10-20/h4-16,19,21H,3,17-18H2,1-2H3/t19-,21+/m1/s1. The Labute approximate surface area is 188 Å². The average Bonchev–Trinajstić information content (AvgIpc) is 3.40. The first kappa shape index (κ1) is 20.3. The van der Waals surface area contributed by atoms with Crippen molar-refractivity contribution in [3.8, 4) is 5.75 Å². The SMILES string of the molecule is CCOc1ccc(N2C[C@@H](c3nc4ccccc4n3[C@H](C)c3ccccc3)CC2=O)cc1. The van der Waals surface area contributed by atoms with Crippen molar-refractivity contribution in [2.24, 2.45) is 0 Å². The Balaban J connectivity index is 1.50. The molecular weight excluding hydrogens is 398 g/mol. The number of rotatable bonds is 6. The van der Waals surface area contributed by atoms with Crippen molar-refractivity contribution in [3.05, 3.63) is 90.3 Å². The fourth-order valence-electron chi connectivity index (χ4n) is 4.66. The molecule has 1 aromatic heterocycles. The van der Waals surface area contributed by atoms with E-state index in [2.05, 4.69) is 41.8 Å². The van der Waals surface area contributed by atoms with Gasteiger partial charge in [-0.3, -0.25) is 4.79 Å². The molecule has 162 valence electrons. The molecule has 0 bridgehead atoms. The van der Waals surface area contributed by atoms with E-state index in [9.17, 15) is 4.79 Å². The van der Waals surface area contributed by atoms with E-state index < -0.39 is 0 Å². The Kier molecular flexibility index (Phi) is 5.39. The minimum atomic E-state index is 0.0348. The third kappa shape index (κ3) is 3.64. The van der Waals surface area contributed by atoms with Gasteiger partial charge in [-0.15, -0.1) is 0 Å². The number of benzene rings is 3. The molecule has 5 heteroatoms. The molecule has 1 saturated heterocycles. The summed E-state index contributed by atoms with van der Waals surface area (Å²) in [4.78, 5) is 19.9. The molecule has 1 aliphatic heterocycles. The van der Waals surface area contributed by atoms with Gasteiger partial charge in [-0.1, -0.05) is 42.5 Å². The van der Waals surface area contributed by atoms with Crippen LogP contribution in [0.5, 0.6) is 5.75 Å². The van der Waals surface area contributed by atoms with Gasteiger partial charge in [-0.25, -0.2) is 4.98 Å². The van der Waals surface area contributed by atoms with Crippen LogP contribution >= 0.6 is 0 Å². The molecule has 2 heterocycles. The van der Waals surface area contributed by atoms with Crippen LogP contribution in [-0.2, 0) is 4.79 Å². The molecule has 1 aliphatic rings. The van der Waals surface area contributed by atoms with Gasteiger partial charge < -0.3 is 14.2 Å². The smallest absolute Gasteiger partial charge is 0.227 e. The molecule has 32 heavy (non-hydrogen) atoms. The van der Waals surface area contributed by atoms with E-state index in [1.54, 1.807) is 0 Å². The summed E-state index contributed by atoms with van der Waals surface area (Å²) in [5, 5.41) is 0. The third-order valence-corrected chi connectivity index (χ3v) is 6.24. The van der Waals surface area contributed by atoms with Crippen LogP contribution in [0.1, 0.15) is 43.6 Å². The summed E-state index contributed by atoms with van der Waals surface area (Å²) in [5.41, 5.74) is 4.20. The van der Waals surface area contributed by atoms with Crippen molar-refractivity contribution in [1.82, 2.24) is 9.55 Å². The zero-order chi connectivity index (χ0) is 22.1. The summed E-state index contributed by atoms with van der Waals surface area (Å²) in [6.45, 7) is 5.41. The van der Waals surface area contributed by atoms with Crippen molar-refractivity contribution in [2.75, 3.05) is 18.1 Å². The van der Waals surface area contributed by atoms with Crippen LogP contribution < -0.4 is 9.64 Å². The summed E-state index contributed by atoms with van der Waals surface area (Å²) in [7, 11) is 0. The number of hydrogen-bond donors (Lipinski definition) is 0. The molecule has 0 radical (unpaired) electrons. The van der Waals surface area contributed by atoms with Gasteiger partial charge in [-0.2, -0.15) is 0 Å². The summed E-state index contributed by atoms with van der Waals surface area (Å²) >= 11 is 0. The van der Waals surface area contributed by atoms with Crippen LogP contribution in [-0.4, -0.2) is 28.6 Å². The quantitative estimate of drug-likeness (QED) is 0.406. The van der Waals surface area contributed by atoms with E-state index in [0.717, 1.165) is 28.3 Å². The van der Waals surface area contributed by atoms with Crippen LogP contribution in [0.4, 0.5) is 5.69 Å². The molecule has 1 fully saturated rings. The maximum atomic E-state index is 13.0. The fraction of sp³-hybridized carbons (Fsp3) is 0.259. The average molecular weight is 426 g/mol. The lowest BCUT2D eigenvalue weighted by molar-refractivity contribution is -0.117. The zero-order valence-electron chi connectivity index (χ0n) is 18.4. The minimum Gasteiger partial charge on any atom is -0.494 e. The van der Waals surface area contributed by atoms with Crippen molar-refractivity contribution in [3.63, 3.8) is 0 Å². The van der Waals surface area contributed by atoms with Crippen LogP contribution in [0, 0.1) is 0 Å². The molecule has 4 aromatic rings. The Morgan fingerprint density at radius 1 is 1.00 bits per heavy atom. The van der Waals surface area contributed by atoms with E-state index in [-0.39, 0.29) is 17.9 Å². The van der Waals surface area contributed by atoms with Crippen LogP contribution in [0.15, 0.2) is 78.9 Å². The number of fused-ring (bicyclic) bond motifs is 1. The lowest BCUT2D eigenvalue weighted by Gasteiger charge is -2.21. The van der Waals surface area contributed by atoms with Gasteiger partial charge in [0, 0.05) is 24.6 Å². The van der Waals surface area contributed by atoms with Crippen molar-refractivity contribution in [1.29, 1.82) is 0 Å². The Morgan fingerprint density at radius 2 is 1.72 bits per heavy atom. The van der Waals surface area contributed by atoms with Gasteiger partial charge in [0.25, 0.3) is 0 Å². The van der Waals surface area contributed by atoms with Crippen LogP contribution in [0.2, 0.25) is 0 Å². The molecule has 2 atom stereocenters. The number of hydrogen-bond acceptors (Lipinski definition) is 3. The van der Waals surface area contributed by atoms with Crippen LogP contribution in [0.3, 0.4) is 0 Å². The number of carbonyl (C=O) groups is 1. The van der Waals surface area contributed by atoms with Crippen molar-refractivity contribution in [2.45, 2.75) is 32.2 Å². The Bertz CT molecular complexity index is 1230. The molecule has 5 nitrogen and oxygen atoms in total. The second-order valence-corrected chi connectivity index (χ2v) is 8.25. The highest BCUT2D eigenvalue weighted by atomic mass is 16.5. The van der Waals surface area contributed by atoms with Crippen LogP contribution in [0.25, 0.3) is 11.0 Å². The number of nitrogens with zero attached hydrogens (tertiary/aromatic N) is 3. The third-order valence-electron chi connectivity index (χ3n) is 6.24. The van der Waals surface area contributed by atoms with Gasteiger partial charge >= 0.3 is 0 Å². The Morgan fingerprint density at radius 3 is 2.47 bits per heavy atom. The lowest BCUT2D eigenvalue weighted by atomic mass is 10.0. The molecule has 0 spiro atoms. The van der Waals surface area contributed by atoms with E-state index in [1.165, 1.54) is 5.56 Å². The maximum absolute atomic E-state index is 13.0. The number of imidazole rings is 1. The normalized spacial score (nSPS) is 17.1. The monoisotopic (exact) mass is 425 g/mol. The number of ether oxygens (including phenoxy) is 1. The predicted octanol–water partition coefficient (Wildman–Crippen LogP) is 5.56. The molecule has 5 rings (SSSR count). The fourth-order valence-corrected chi connectivity index (χ4v) is 4.66. The number of carbonyl (C=O) groups excluding carboxylic acids is 1. The van der Waals surface area contributed by atoms with Gasteiger partial charge in [0.1, 0.15) is 11.6 Å². The Hall–Kier alpha value is -3.60. The highest BCUT2D eigenvalue weighted by Crippen LogP contribution is 2.36. The molecular formula is C27H27N3O2. The van der Waals surface area contributed by atoms with E-state index in [4.69, 9.17) is 9.72 Å². The van der Waals surface area contributed by atoms with E-state index in [0.29, 0.717) is 19.6 Å². The largest absolute Gasteiger partial charge is 0.494 e. The zero-order valence-corrected chi connectivity index (χ0v) is 18.4. The van der Waals surface area contributed by atoms with Gasteiger partial charge in [0.15, 0.2) is 0 Å². The molecule has 0 saturated carbocycles. The van der Waals surface area contributed by atoms with Gasteiger partial charge in [0.05, 0.1) is 23.7 Å². The molecule has 3 aromatic carbocycles. The first-order chi connectivity index (χ1) is 15.7. The summed E-state index contributed by atoms with van der Waals surface area (Å²) in [6.07, 6.45) is 0.456. The van der Waals surface area contributed by atoms with E-state index in [1.807, 2.05) is 60.4 Å². The number of aromatic nitrogens is 2. The topological polar surface area (TPSA) is 47.4 Å². The second-order valence-electron chi connectivity index (χ2n) is 8.25. The maximum Gasteiger partial charge on any atom is 0.227 e. The number of anilines is 1. The summed E-state index contributed by atoms with van der Waals surface area (Å²) < 4.78 is 7.85. The number of para-hydroxylation sites is 2. The molecule has 0 aliphatic carbocycles. The predicted molar refractivity (Wildman–Crippen MR) is 127 cm³/mol. The molecule has 0 unspecified atom stereocenters. The number of amides is 1. The molecule has 0 N–H and O–H groups in total. The summed E-state index contributed by atoms with van der Waals surface area (Å²) in [5.74, 6) is 1.96. The van der Waals surface area contributed by atoms with Gasteiger partial charge in [0.2, 0.25) is 5.91 Å².